The molecule has 160 valence electrons. The van der Waals surface area contributed by atoms with Gasteiger partial charge in [0.25, 0.3) is 11.8 Å². The van der Waals surface area contributed by atoms with E-state index in [2.05, 4.69) is 10.4 Å². The average molecular weight is 441 g/mol. The fraction of sp³-hybridized carbons (Fsp3) is 0.261. The van der Waals surface area contributed by atoms with Crippen LogP contribution in [0.15, 0.2) is 48.5 Å². The monoisotopic (exact) mass is 440 g/mol. The van der Waals surface area contributed by atoms with Crippen molar-refractivity contribution in [1.29, 1.82) is 0 Å². The van der Waals surface area contributed by atoms with Crippen molar-refractivity contribution in [1.82, 2.24) is 20.0 Å². The Morgan fingerprint density at radius 1 is 1.19 bits per heavy atom. The van der Waals surface area contributed by atoms with E-state index in [9.17, 15) is 14.0 Å². The Bertz CT molecular complexity index is 1130. The number of amides is 2. The van der Waals surface area contributed by atoms with Crippen LogP contribution in [-0.4, -0.2) is 39.6 Å². The molecule has 1 N–H and O–H groups in total. The summed E-state index contributed by atoms with van der Waals surface area (Å²) in [5, 5.41) is 7.81. The van der Waals surface area contributed by atoms with Crippen molar-refractivity contribution in [2.24, 2.45) is 7.05 Å². The third-order valence-corrected chi connectivity index (χ3v) is 5.69. The lowest BCUT2D eigenvalue weighted by Gasteiger charge is -2.28. The zero-order valence-corrected chi connectivity index (χ0v) is 17.8. The van der Waals surface area contributed by atoms with Gasteiger partial charge in [-0.05, 0) is 30.3 Å². The molecule has 1 aliphatic heterocycles. The maximum Gasteiger partial charge on any atom is 0.257 e. The summed E-state index contributed by atoms with van der Waals surface area (Å²) in [4.78, 5) is 26.8. The molecule has 31 heavy (non-hydrogen) atoms. The van der Waals surface area contributed by atoms with Gasteiger partial charge in [-0.3, -0.25) is 14.3 Å². The van der Waals surface area contributed by atoms with Crippen molar-refractivity contribution in [2.45, 2.75) is 19.4 Å². The standard InChI is InChI=1S/C23H22ClFN4O2/c1-28-21-10-12-29(23(31)17-13-16(24)7-8-19(17)25)14-18(21)20(27-28)9-11-26-22(30)15-5-3-2-4-6-15/h2-8,13H,9-12,14H2,1H3,(H,26,30). The molecule has 2 aromatic carbocycles. The van der Waals surface area contributed by atoms with Gasteiger partial charge in [-0.2, -0.15) is 5.10 Å². The number of benzene rings is 2. The van der Waals surface area contributed by atoms with Crippen LogP contribution in [0.25, 0.3) is 0 Å². The third-order valence-electron chi connectivity index (χ3n) is 5.45. The minimum atomic E-state index is -0.588. The summed E-state index contributed by atoms with van der Waals surface area (Å²) in [6.07, 6.45) is 1.17. The number of halogens is 2. The number of nitrogens with zero attached hydrogens (tertiary/aromatic N) is 3. The molecule has 1 aliphatic rings. The number of fused-ring (bicyclic) bond motifs is 1. The Hall–Kier alpha value is -3.19. The molecule has 2 heterocycles. The SMILES string of the molecule is Cn1nc(CCNC(=O)c2ccccc2)c2c1CCN(C(=O)c1cc(Cl)ccc1F)C2. The second kappa shape index (κ2) is 8.89. The molecule has 0 spiro atoms. The molecule has 0 bridgehead atoms. The Morgan fingerprint density at radius 2 is 1.97 bits per heavy atom. The molecular formula is C23H22ClFN4O2. The van der Waals surface area contributed by atoms with Crippen LogP contribution in [0.3, 0.4) is 0 Å². The Labute approximate surface area is 184 Å². The van der Waals surface area contributed by atoms with Gasteiger partial charge in [0.1, 0.15) is 5.82 Å². The van der Waals surface area contributed by atoms with Gasteiger partial charge < -0.3 is 10.2 Å². The van der Waals surface area contributed by atoms with Crippen LogP contribution < -0.4 is 5.32 Å². The third kappa shape index (κ3) is 4.46. The molecule has 0 radical (unpaired) electrons. The van der Waals surface area contributed by atoms with E-state index in [4.69, 9.17) is 11.6 Å². The smallest absolute Gasteiger partial charge is 0.257 e. The van der Waals surface area contributed by atoms with Crippen molar-refractivity contribution in [3.8, 4) is 0 Å². The van der Waals surface area contributed by atoms with Gasteiger partial charge in [-0.1, -0.05) is 29.8 Å². The van der Waals surface area contributed by atoms with Crippen LogP contribution in [0.4, 0.5) is 4.39 Å². The zero-order chi connectivity index (χ0) is 22.0. The van der Waals surface area contributed by atoms with E-state index in [1.165, 1.54) is 18.2 Å². The highest BCUT2D eigenvalue weighted by atomic mass is 35.5. The molecule has 0 aliphatic carbocycles. The Kier molecular flexibility index (Phi) is 6.04. The number of aryl methyl sites for hydroxylation is 1. The van der Waals surface area contributed by atoms with Gasteiger partial charge in [0.05, 0.1) is 11.3 Å². The molecule has 3 aromatic rings. The van der Waals surface area contributed by atoms with Gasteiger partial charge in [0.2, 0.25) is 0 Å². The maximum atomic E-state index is 14.2. The zero-order valence-electron chi connectivity index (χ0n) is 17.1. The maximum absolute atomic E-state index is 14.2. The second-order valence-electron chi connectivity index (χ2n) is 7.47. The molecule has 0 saturated carbocycles. The van der Waals surface area contributed by atoms with Gasteiger partial charge >= 0.3 is 0 Å². The van der Waals surface area contributed by atoms with Crippen LogP contribution in [0, 0.1) is 5.82 Å². The number of hydrogen-bond acceptors (Lipinski definition) is 3. The van der Waals surface area contributed by atoms with Crippen molar-refractivity contribution < 1.29 is 14.0 Å². The van der Waals surface area contributed by atoms with Crippen molar-refractivity contribution in [2.75, 3.05) is 13.1 Å². The fourth-order valence-corrected chi connectivity index (χ4v) is 4.03. The van der Waals surface area contributed by atoms with Crippen molar-refractivity contribution >= 4 is 23.4 Å². The lowest BCUT2D eigenvalue weighted by atomic mass is 10.0. The first-order valence-corrected chi connectivity index (χ1v) is 10.4. The normalized spacial score (nSPS) is 13.1. The topological polar surface area (TPSA) is 67.2 Å². The minimum Gasteiger partial charge on any atom is -0.352 e. The first-order chi connectivity index (χ1) is 14.9. The lowest BCUT2D eigenvalue weighted by Crippen LogP contribution is -2.37. The van der Waals surface area contributed by atoms with Crippen LogP contribution >= 0.6 is 11.6 Å². The van der Waals surface area contributed by atoms with E-state index in [1.807, 2.05) is 29.9 Å². The van der Waals surface area contributed by atoms with E-state index < -0.39 is 11.7 Å². The summed E-state index contributed by atoms with van der Waals surface area (Å²) in [5.74, 6) is -1.12. The summed E-state index contributed by atoms with van der Waals surface area (Å²) in [5.41, 5.74) is 3.41. The van der Waals surface area contributed by atoms with Crippen LogP contribution in [0.2, 0.25) is 5.02 Å². The highest BCUT2D eigenvalue weighted by Crippen LogP contribution is 2.25. The molecule has 2 amide bonds. The van der Waals surface area contributed by atoms with Crippen molar-refractivity contribution in [3.63, 3.8) is 0 Å². The highest BCUT2D eigenvalue weighted by Gasteiger charge is 2.28. The first kappa shape index (κ1) is 21.1. The summed E-state index contributed by atoms with van der Waals surface area (Å²) in [7, 11) is 1.87. The molecule has 8 heteroatoms. The largest absolute Gasteiger partial charge is 0.352 e. The van der Waals surface area contributed by atoms with E-state index in [0.29, 0.717) is 43.1 Å². The number of hydrogen-bond donors (Lipinski definition) is 1. The van der Waals surface area contributed by atoms with E-state index in [1.54, 1.807) is 17.0 Å². The summed E-state index contributed by atoms with van der Waals surface area (Å²) < 4.78 is 16.0. The van der Waals surface area contributed by atoms with E-state index in [-0.39, 0.29) is 11.5 Å². The van der Waals surface area contributed by atoms with Gasteiger partial charge in [0, 0.05) is 61.4 Å². The van der Waals surface area contributed by atoms with E-state index >= 15 is 0 Å². The van der Waals surface area contributed by atoms with E-state index in [0.717, 1.165) is 17.0 Å². The predicted molar refractivity (Wildman–Crippen MR) is 116 cm³/mol. The molecule has 0 atom stereocenters. The highest BCUT2D eigenvalue weighted by molar-refractivity contribution is 6.31. The minimum absolute atomic E-state index is 0.0310. The molecule has 4 rings (SSSR count). The van der Waals surface area contributed by atoms with Crippen molar-refractivity contribution in [3.05, 3.63) is 87.4 Å². The number of aromatic nitrogens is 2. The van der Waals surface area contributed by atoms with Gasteiger partial charge in [-0.15, -0.1) is 0 Å². The number of carbonyl (C=O) groups excluding carboxylic acids is 2. The molecule has 0 saturated heterocycles. The lowest BCUT2D eigenvalue weighted by molar-refractivity contribution is 0.0728. The second-order valence-corrected chi connectivity index (χ2v) is 7.90. The molecule has 1 aromatic heterocycles. The fourth-order valence-electron chi connectivity index (χ4n) is 3.86. The number of carbonyl (C=O) groups is 2. The van der Waals surface area contributed by atoms with Gasteiger partial charge in [0.15, 0.2) is 0 Å². The predicted octanol–water partition coefficient (Wildman–Crippen LogP) is 3.38. The Balaban J connectivity index is 1.46. The van der Waals surface area contributed by atoms with Gasteiger partial charge in [-0.25, -0.2) is 4.39 Å². The van der Waals surface area contributed by atoms with Crippen LogP contribution in [0.1, 0.15) is 37.7 Å². The van der Waals surface area contributed by atoms with Crippen LogP contribution in [0.5, 0.6) is 0 Å². The summed E-state index contributed by atoms with van der Waals surface area (Å²) >= 11 is 5.95. The summed E-state index contributed by atoms with van der Waals surface area (Å²) in [6, 6.07) is 13.0. The molecular weight excluding hydrogens is 419 g/mol. The van der Waals surface area contributed by atoms with Crippen LogP contribution in [-0.2, 0) is 26.4 Å². The first-order valence-electron chi connectivity index (χ1n) is 10.0. The Morgan fingerprint density at radius 3 is 2.74 bits per heavy atom. The number of rotatable bonds is 5. The number of nitrogens with one attached hydrogen (secondary N) is 1. The quantitative estimate of drug-likeness (QED) is 0.661. The molecule has 0 unspecified atom stereocenters. The molecule has 0 fully saturated rings. The molecule has 6 nitrogen and oxygen atoms in total. The summed E-state index contributed by atoms with van der Waals surface area (Å²) in [6.45, 7) is 1.24. The average Bonchev–Trinajstić information content (AvgIpc) is 3.10.